The third-order valence-electron chi connectivity index (χ3n) is 4.83. The van der Waals surface area contributed by atoms with Crippen molar-refractivity contribution < 1.29 is 24.5 Å². The number of nitrogen functional groups attached to an aromatic ring is 1. The van der Waals surface area contributed by atoms with Crippen molar-refractivity contribution in [2.45, 2.75) is 49.5 Å². The topological polar surface area (TPSA) is 200 Å². The summed E-state index contributed by atoms with van der Waals surface area (Å²) < 4.78 is 11.0. The van der Waals surface area contributed by atoms with Crippen LogP contribution in [0, 0.1) is 11.8 Å². The van der Waals surface area contributed by atoms with E-state index >= 15 is 0 Å². The molecule has 1 aromatic rings. The molecule has 0 amide bonds. The van der Waals surface area contributed by atoms with Gasteiger partial charge in [-0.05, 0) is 5.92 Å². The summed E-state index contributed by atoms with van der Waals surface area (Å²) in [5.74, 6) is -1.48. The summed E-state index contributed by atoms with van der Waals surface area (Å²) in [5.41, 5.74) is 16.8. The van der Waals surface area contributed by atoms with Gasteiger partial charge in [0.1, 0.15) is 23.6 Å². The van der Waals surface area contributed by atoms with Gasteiger partial charge >= 0.3 is 5.97 Å². The van der Waals surface area contributed by atoms with Gasteiger partial charge in [-0.1, -0.05) is 32.2 Å². The molecule has 0 aromatic carbocycles. The number of nitrogens with two attached hydrogens (primary N) is 3. The van der Waals surface area contributed by atoms with E-state index < -0.39 is 41.8 Å². The standard InChI is InChI=1S/C18H29N5O6S/c1-7(2)13(20)17(27)28-6-12-14(25)9(5-24)11(29-12)4-10-15(30-8(3)19)16(26)23-18(21)22-10/h7,9,11-14,24-25H,3-6,19-20H2,1-2H3,(H3,21,22,23,26)/t9-,11-,12?,13-,14-/m0/s1. The average molecular weight is 444 g/mol. The molecule has 5 atom stereocenters. The van der Waals surface area contributed by atoms with E-state index in [4.69, 9.17) is 26.7 Å². The minimum Gasteiger partial charge on any atom is -0.462 e. The number of ether oxygens (including phenoxy) is 2. The van der Waals surface area contributed by atoms with Gasteiger partial charge < -0.3 is 36.9 Å². The summed E-state index contributed by atoms with van der Waals surface area (Å²) in [6, 6.07) is -0.792. The molecule has 1 aromatic heterocycles. The molecule has 0 saturated carbocycles. The Morgan fingerprint density at radius 3 is 2.67 bits per heavy atom. The van der Waals surface area contributed by atoms with E-state index in [0.29, 0.717) is 5.69 Å². The fourth-order valence-electron chi connectivity index (χ4n) is 3.09. The molecule has 9 N–H and O–H groups in total. The monoisotopic (exact) mass is 443 g/mol. The van der Waals surface area contributed by atoms with Gasteiger partial charge in [0.2, 0.25) is 5.95 Å². The molecule has 2 heterocycles. The number of nitrogens with one attached hydrogen (secondary N) is 1. The third-order valence-corrected chi connectivity index (χ3v) is 5.72. The van der Waals surface area contributed by atoms with Crippen molar-refractivity contribution in [1.82, 2.24) is 9.97 Å². The lowest BCUT2D eigenvalue weighted by molar-refractivity contribution is -0.151. The SMILES string of the molecule is C=C(N)Sc1c(C[C@@H]2OC(COC(=O)[C@@H](N)C(C)C)[C@@H](O)[C@H]2CO)nc(N)[nH]c1=O. The van der Waals surface area contributed by atoms with E-state index in [1.165, 1.54) is 0 Å². The molecule has 1 unspecified atom stereocenters. The molecule has 1 fully saturated rings. The summed E-state index contributed by atoms with van der Waals surface area (Å²) in [4.78, 5) is 31.0. The normalized spacial score (nSPS) is 24.7. The summed E-state index contributed by atoms with van der Waals surface area (Å²) in [5, 5.41) is 20.5. The van der Waals surface area contributed by atoms with Crippen LogP contribution in [-0.4, -0.2) is 63.7 Å². The summed E-state index contributed by atoms with van der Waals surface area (Å²) in [6.07, 6.45) is -2.59. The fourth-order valence-corrected chi connectivity index (χ4v) is 3.74. The number of carbonyl (C=O) groups excluding carboxylic acids is 1. The highest BCUT2D eigenvalue weighted by Gasteiger charge is 2.44. The van der Waals surface area contributed by atoms with Gasteiger partial charge in [0.05, 0.1) is 29.5 Å². The van der Waals surface area contributed by atoms with Gasteiger partial charge in [-0.3, -0.25) is 14.6 Å². The first-order chi connectivity index (χ1) is 14.0. The Balaban J connectivity index is 2.16. The number of aliphatic hydroxyl groups excluding tert-OH is 2. The van der Waals surface area contributed by atoms with Crippen molar-refractivity contribution in [3.05, 3.63) is 27.7 Å². The smallest absolute Gasteiger partial charge is 0.323 e. The molecule has 1 aliphatic rings. The van der Waals surface area contributed by atoms with Crippen LogP contribution in [0.1, 0.15) is 19.5 Å². The van der Waals surface area contributed by atoms with Crippen LogP contribution in [0.4, 0.5) is 5.95 Å². The van der Waals surface area contributed by atoms with Gasteiger partial charge in [0.25, 0.3) is 5.56 Å². The molecule has 168 valence electrons. The Labute approximate surface area is 178 Å². The summed E-state index contributed by atoms with van der Waals surface area (Å²) >= 11 is 0.932. The van der Waals surface area contributed by atoms with Crippen LogP contribution in [0.2, 0.25) is 0 Å². The largest absolute Gasteiger partial charge is 0.462 e. The number of hydrogen-bond donors (Lipinski definition) is 6. The second-order valence-electron chi connectivity index (χ2n) is 7.45. The Bertz CT molecular complexity index is 832. The average Bonchev–Trinajstić information content (AvgIpc) is 2.95. The fraction of sp³-hybridized carbons (Fsp3) is 0.611. The first-order valence-corrected chi connectivity index (χ1v) is 10.2. The van der Waals surface area contributed by atoms with Gasteiger partial charge in [0, 0.05) is 12.3 Å². The number of H-pyrrole nitrogens is 1. The van der Waals surface area contributed by atoms with Gasteiger partial charge in [-0.25, -0.2) is 4.98 Å². The lowest BCUT2D eigenvalue weighted by atomic mass is 9.94. The number of nitrogens with zero attached hydrogens (tertiary/aromatic N) is 1. The molecular formula is C18H29N5O6S. The zero-order valence-corrected chi connectivity index (χ0v) is 17.7. The van der Waals surface area contributed by atoms with Crippen LogP contribution in [0.15, 0.2) is 21.3 Å². The summed E-state index contributed by atoms with van der Waals surface area (Å²) in [7, 11) is 0. The maximum atomic E-state index is 12.2. The second kappa shape index (κ2) is 10.3. The molecule has 0 aliphatic carbocycles. The van der Waals surface area contributed by atoms with E-state index in [1.807, 2.05) is 0 Å². The van der Waals surface area contributed by atoms with Crippen molar-refractivity contribution in [3.63, 3.8) is 0 Å². The highest BCUT2D eigenvalue weighted by molar-refractivity contribution is 8.03. The van der Waals surface area contributed by atoms with Crippen molar-refractivity contribution in [2.24, 2.45) is 23.3 Å². The van der Waals surface area contributed by atoms with Crippen LogP contribution in [0.25, 0.3) is 0 Å². The van der Waals surface area contributed by atoms with Gasteiger partial charge in [-0.2, -0.15) is 0 Å². The molecule has 0 spiro atoms. The van der Waals surface area contributed by atoms with Crippen molar-refractivity contribution in [2.75, 3.05) is 18.9 Å². The van der Waals surface area contributed by atoms with E-state index in [9.17, 15) is 19.8 Å². The van der Waals surface area contributed by atoms with Gasteiger partial charge in [-0.15, -0.1) is 0 Å². The number of aliphatic hydroxyl groups is 2. The zero-order valence-electron chi connectivity index (χ0n) is 16.9. The van der Waals surface area contributed by atoms with E-state index in [-0.39, 0.29) is 41.4 Å². The summed E-state index contributed by atoms with van der Waals surface area (Å²) in [6.45, 7) is 6.54. The predicted molar refractivity (Wildman–Crippen MR) is 111 cm³/mol. The molecule has 0 radical (unpaired) electrons. The molecule has 0 bridgehead atoms. The van der Waals surface area contributed by atoms with E-state index in [0.717, 1.165) is 11.8 Å². The van der Waals surface area contributed by atoms with Crippen LogP contribution in [0.5, 0.6) is 0 Å². The molecule has 12 heteroatoms. The number of aromatic amines is 1. The van der Waals surface area contributed by atoms with Crippen LogP contribution in [-0.2, 0) is 20.7 Å². The highest BCUT2D eigenvalue weighted by atomic mass is 32.2. The number of aromatic nitrogens is 2. The number of thioether (sulfide) groups is 1. The lowest BCUT2D eigenvalue weighted by Gasteiger charge is -2.19. The number of carbonyl (C=O) groups is 1. The minimum absolute atomic E-state index is 0.0714. The first-order valence-electron chi connectivity index (χ1n) is 9.42. The maximum absolute atomic E-state index is 12.2. The van der Waals surface area contributed by atoms with Crippen LogP contribution in [0.3, 0.4) is 0 Å². The van der Waals surface area contributed by atoms with E-state index in [2.05, 4.69) is 16.5 Å². The van der Waals surface area contributed by atoms with Crippen molar-refractivity contribution in [1.29, 1.82) is 0 Å². The quantitative estimate of drug-likeness (QED) is 0.195. The van der Waals surface area contributed by atoms with Crippen molar-refractivity contribution in [3.8, 4) is 0 Å². The van der Waals surface area contributed by atoms with Gasteiger partial charge in [0.15, 0.2) is 0 Å². The first kappa shape index (κ1) is 24.2. The zero-order chi connectivity index (χ0) is 22.6. The van der Waals surface area contributed by atoms with E-state index in [1.54, 1.807) is 13.8 Å². The molecular weight excluding hydrogens is 414 g/mol. The maximum Gasteiger partial charge on any atom is 0.323 e. The molecule has 2 rings (SSSR count). The highest BCUT2D eigenvalue weighted by Crippen LogP contribution is 2.32. The van der Waals surface area contributed by atoms with Crippen LogP contribution < -0.4 is 22.8 Å². The Kier molecular flexibility index (Phi) is 8.26. The Morgan fingerprint density at radius 1 is 1.43 bits per heavy atom. The molecule has 1 saturated heterocycles. The van der Waals surface area contributed by atoms with Crippen LogP contribution >= 0.6 is 11.8 Å². The number of rotatable bonds is 9. The number of hydrogen-bond acceptors (Lipinski definition) is 11. The third kappa shape index (κ3) is 5.73. The lowest BCUT2D eigenvalue weighted by Crippen LogP contribution is -2.40. The minimum atomic E-state index is -1.09. The molecule has 1 aliphatic heterocycles. The molecule has 30 heavy (non-hydrogen) atoms. The van der Waals surface area contributed by atoms with Crippen molar-refractivity contribution >= 4 is 23.7 Å². The number of anilines is 1. The second-order valence-corrected chi connectivity index (χ2v) is 8.59. The number of esters is 1. The Hall–Kier alpha value is -2.12. The predicted octanol–water partition coefficient (Wildman–Crippen LogP) is -1.32. The Morgan fingerprint density at radius 2 is 2.10 bits per heavy atom. The molecule has 11 nitrogen and oxygen atoms in total.